The normalized spacial score (nSPS) is 11.1. The van der Waals surface area contributed by atoms with Crippen LogP contribution in [0.4, 0.5) is 10.1 Å². The molecule has 0 aliphatic heterocycles. The number of halogens is 1. The highest BCUT2D eigenvalue weighted by molar-refractivity contribution is 6.01. The van der Waals surface area contributed by atoms with Crippen molar-refractivity contribution >= 4 is 17.7 Å². The molecule has 0 atom stereocenters. The molecule has 0 radical (unpaired) electrons. The second-order valence-corrected chi connectivity index (χ2v) is 5.47. The fourth-order valence-corrected chi connectivity index (χ4v) is 2.31. The number of aryl methyl sites for hydroxylation is 1. The van der Waals surface area contributed by atoms with Crippen LogP contribution < -0.4 is 5.32 Å². The van der Waals surface area contributed by atoms with E-state index in [1.807, 2.05) is 13.1 Å². The Morgan fingerprint density at radius 1 is 1.20 bits per heavy atom. The van der Waals surface area contributed by atoms with Gasteiger partial charge in [0.1, 0.15) is 5.82 Å². The van der Waals surface area contributed by atoms with E-state index in [1.165, 1.54) is 18.3 Å². The highest BCUT2D eigenvalue weighted by Gasteiger charge is 2.05. The maximum Gasteiger partial charge on any atom is 0.248 e. The maximum absolute atomic E-state index is 13.7. The number of carbonyl (C=O) groups excluding carboxylic acids is 1. The second-order valence-electron chi connectivity index (χ2n) is 5.47. The van der Waals surface area contributed by atoms with Crippen molar-refractivity contribution in [3.63, 3.8) is 0 Å². The summed E-state index contributed by atoms with van der Waals surface area (Å²) in [5.41, 5.74) is 1.94. The van der Waals surface area contributed by atoms with E-state index >= 15 is 0 Å². The lowest BCUT2D eigenvalue weighted by Crippen LogP contribution is -2.07. The zero-order chi connectivity index (χ0) is 17.6. The Kier molecular flexibility index (Phi) is 5.03. The van der Waals surface area contributed by atoms with Gasteiger partial charge < -0.3 is 5.32 Å². The molecule has 0 bridgehead atoms. The average molecular weight is 339 g/mol. The molecule has 1 amide bonds. The molecule has 0 spiro atoms. The summed E-state index contributed by atoms with van der Waals surface area (Å²) >= 11 is 0. The summed E-state index contributed by atoms with van der Waals surface area (Å²) in [5.74, 6) is -0.547. The van der Waals surface area contributed by atoms with Gasteiger partial charge in [-0.3, -0.25) is 14.2 Å². The fourth-order valence-electron chi connectivity index (χ4n) is 2.31. The Hall–Kier alpha value is -3.22. The van der Waals surface area contributed by atoms with Crippen molar-refractivity contribution in [3.8, 4) is 0 Å². The van der Waals surface area contributed by atoms with Crippen molar-refractivity contribution < 1.29 is 9.18 Å². The van der Waals surface area contributed by atoms with Crippen LogP contribution in [-0.2, 0) is 17.9 Å². The first-order chi connectivity index (χ1) is 12.1. The van der Waals surface area contributed by atoms with Gasteiger partial charge in [-0.25, -0.2) is 4.39 Å². The summed E-state index contributed by atoms with van der Waals surface area (Å²) in [6.07, 6.45) is 9.87. The number of benzene rings is 1. The molecule has 0 fully saturated rings. The molecule has 2 heterocycles. The van der Waals surface area contributed by atoms with Crippen LogP contribution in [-0.4, -0.2) is 25.5 Å². The van der Waals surface area contributed by atoms with Gasteiger partial charge in [-0.15, -0.1) is 0 Å². The third kappa shape index (κ3) is 4.41. The van der Waals surface area contributed by atoms with Gasteiger partial charge in [0.15, 0.2) is 0 Å². The Labute approximate surface area is 144 Å². The number of amides is 1. The van der Waals surface area contributed by atoms with Crippen molar-refractivity contribution in [2.75, 3.05) is 5.32 Å². The largest absolute Gasteiger partial charge is 0.320 e. The minimum Gasteiger partial charge on any atom is -0.320 e. The van der Waals surface area contributed by atoms with E-state index in [9.17, 15) is 9.18 Å². The van der Waals surface area contributed by atoms with Crippen LogP contribution in [0.1, 0.15) is 18.1 Å². The molecule has 3 aromatic rings. The van der Waals surface area contributed by atoms with Crippen LogP contribution in [0.15, 0.2) is 55.1 Å². The van der Waals surface area contributed by atoms with Crippen LogP contribution in [0.25, 0.3) is 6.08 Å². The molecule has 6 nitrogen and oxygen atoms in total. The summed E-state index contributed by atoms with van der Waals surface area (Å²) in [4.78, 5) is 12.0. The maximum atomic E-state index is 13.7. The van der Waals surface area contributed by atoms with Crippen molar-refractivity contribution in [1.82, 2.24) is 19.6 Å². The first kappa shape index (κ1) is 16.6. The monoisotopic (exact) mass is 339 g/mol. The van der Waals surface area contributed by atoms with E-state index in [1.54, 1.807) is 46.0 Å². The molecule has 128 valence electrons. The third-order valence-corrected chi connectivity index (χ3v) is 3.60. The first-order valence-electron chi connectivity index (χ1n) is 7.91. The van der Waals surface area contributed by atoms with Crippen molar-refractivity contribution in [2.24, 2.45) is 0 Å². The molecular weight excluding hydrogens is 321 g/mol. The molecule has 7 heteroatoms. The van der Waals surface area contributed by atoms with Gasteiger partial charge in [0.2, 0.25) is 5.91 Å². The van der Waals surface area contributed by atoms with Crippen LogP contribution in [0, 0.1) is 5.82 Å². The number of hydrogen-bond donors (Lipinski definition) is 1. The molecule has 0 unspecified atom stereocenters. The Bertz CT molecular complexity index is 896. The molecule has 0 saturated heterocycles. The van der Waals surface area contributed by atoms with Gasteiger partial charge >= 0.3 is 0 Å². The molecule has 1 aromatic carbocycles. The number of aromatic nitrogens is 4. The van der Waals surface area contributed by atoms with Crippen LogP contribution >= 0.6 is 0 Å². The van der Waals surface area contributed by atoms with Crippen LogP contribution in [0.5, 0.6) is 0 Å². The van der Waals surface area contributed by atoms with E-state index in [0.29, 0.717) is 17.8 Å². The standard InChI is InChI=1S/C18H18FN5O/c1-2-23-11-14(9-20-23)7-8-18(25)22-16-10-21-24(13-16)12-15-5-3-4-6-17(15)19/h3-11,13H,2,12H2,1H3,(H,22,25)/b8-7+. The zero-order valence-corrected chi connectivity index (χ0v) is 13.8. The molecule has 2 aromatic heterocycles. The average Bonchev–Trinajstić information content (AvgIpc) is 3.24. The van der Waals surface area contributed by atoms with Gasteiger partial charge in [-0.2, -0.15) is 10.2 Å². The van der Waals surface area contributed by atoms with Gasteiger partial charge in [-0.1, -0.05) is 18.2 Å². The van der Waals surface area contributed by atoms with Gasteiger partial charge in [0.05, 0.1) is 24.6 Å². The Morgan fingerprint density at radius 2 is 2.00 bits per heavy atom. The molecule has 25 heavy (non-hydrogen) atoms. The minimum atomic E-state index is -0.279. The zero-order valence-electron chi connectivity index (χ0n) is 13.8. The van der Waals surface area contributed by atoms with Crippen molar-refractivity contribution in [3.05, 3.63) is 72.1 Å². The molecule has 0 aliphatic rings. The van der Waals surface area contributed by atoms with Crippen LogP contribution in [0.2, 0.25) is 0 Å². The number of carbonyl (C=O) groups is 1. The summed E-state index contributed by atoms with van der Waals surface area (Å²) in [6, 6.07) is 6.53. The number of rotatable bonds is 6. The van der Waals surface area contributed by atoms with Gasteiger partial charge in [0.25, 0.3) is 0 Å². The molecule has 0 aliphatic carbocycles. The van der Waals surface area contributed by atoms with Gasteiger partial charge in [0, 0.05) is 36.1 Å². The second kappa shape index (κ2) is 7.57. The lowest BCUT2D eigenvalue weighted by molar-refractivity contribution is -0.111. The van der Waals surface area contributed by atoms with Crippen molar-refractivity contribution in [2.45, 2.75) is 20.0 Å². The van der Waals surface area contributed by atoms with E-state index in [0.717, 1.165) is 12.1 Å². The van der Waals surface area contributed by atoms with E-state index in [4.69, 9.17) is 0 Å². The Balaban J connectivity index is 1.59. The predicted molar refractivity (Wildman–Crippen MR) is 93.3 cm³/mol. The topological polar surface area (TPSA) is 64.7 Å². The fraction of sp³-hybridized carbons (Fsp3) is 0.167. The first-order valence-corrected chi connectivity index (χ1v) is 7.91. The smallest absolute Gasteiger partial charge is 0.248 e. The SMILES string of the molecule is CCn1cc(/C=C/C(=O)Nc2cnn(Cc3ccccc3F)c2)cn1. The predicted octanol–water partition coefficient (Wildman–Crippen LogP) is 2.94. The molecule has 0 saturated carbocycles. The lowest BCUT2D eigenvalue weighted by atomic mass is 10.2. The van der Waals surface area contributed by atoms with Crippen molar-refractivity contribution in [1.29, 1.82) is 0 Å². The van der Waals surface area contributed by atoms with E-state index in [-0.39, 0.29) is 11.7 Å². The summed E-state index contributed by atoms with van der Waals surface area (Å²) in [7, 11) is 0. The molecular formula is C18H18FN5O. The van der Waals surface area contributed by atoms with E-state index in [2.05, 4.69) is 15.5 Å². The van der Waals surface area contributed by atoms with Gasteiger partial charge in [-0.05, 0) is 19.1 Å². The van der Waals surface area contributed by atoms with E-state index < -0.39 is 0 Å². The summed E-state index contributed by atoms with van der Waals surface area (Å²) in [6.45, 7) is 3.07. The summed E-state index contributed by atoms with van der Waals surface area (Å²) in [5, 5.41) is 11.0. The number of hydrogen-bond acceptors (Lipinski definition) is 3. The number of anilines is 1. The quantitative estimate of drug-likeness (QED) is 0.702. The minimum absolute atomic E-state index is 0.269. The van der Waals surface area contributed by atoms with Crippen LogP contribution in [0.3, 0.4) is 0 Å². The number of nitrogens with zero attached hydrogens (tertiary/aromatic N) is 4. The molecule has 3 rings (SSSR count). The Morgan fingerprint density at radius 3 is 2.76 bits per heavy atom. The number of nitrogens with one attached hydrogen (secondary N) is 1. The highest BCUT2D eigenvalue weighted by atomic mass is 19.1. The lowest BCUT2D eigenvalue weighted by Gasteiger charge is -2.02. The molecule has 1 N–H and O–H groups in total. The third-order valence-electron chi connectivity index (χ3n) is 3.60. The highest BCUT2D eigenvalue weighted by Crippen LogP contribution is 2.11. The summed E-state index contributed by atoms with van der Waals surface area (Å²) < 4.78 is 17.0.